The van der Waals surface area contributed by atoms with Gasteiger partial charge in [0.25, 0.3) is 5.91 Å². The Bertz CT molecular complexity index is 759. The van der Waals surface area contributed by atoms with E-state index in [2.05, 4.69) is 10.3 Å². The van der Waals surface area contributed by atoms with Crippen LogP contribution in [0.2, 0.25) is 0 Å². The summed E-state index contributed by atoms with van der Waals surface area (Å²) in [6.45, 7) is 4.94. The maximum absolute atomic E-state index is 12.7. The van der Waals surface area contributed by atoms with Crippen molar-refractivity contribution >= 4 is 11.8 Å². The summed E-state index contributed by atoms with van der Waals surface area (Å²) in [6, 6.07) is 12.8. The summed E-state index contributed by atoms with van der Waals surface area (Å²) in [5.74, 6) is -0.130. The monoisotopic (exact) mass is 337 g/mol. The Morgan fingerprint density at radius 3 is 2.64 bits per heavy atom. The van der Waals surface area contributed by atoms with Crippen LogP contribution < -0.4 is 5.32 Å². The number of carbonyl (C=O) groups excluding carboxylic acids is 2. The lowest BCUT2D eigenvalue weighted by Crippen LogP contribution is -2.50. The first kappa shape index (κ1) is 17.1. The minimum atomic E-state index is -0.469. The number of nitrogens with zero attached hydrogens (tertiary/aromatic N) is 2. The Morgan fingerprint density at radius 2 is 1.96 bits per heavy atom. The fourth-order valence-electron chi connectivity index (χ4n) is 3.27. The van der Waals surface area contributed by atoms with Gasteiger partial charge < -0.3 is 10.2 Å². The highest BCUT2D eigenvalue weighted by molar-refractivity contribution is 6.01. The molecular weight excluding hydrogens is 314 g/mol. The molecule has 130 valence electrons. The number of rotatable bonds is 6. The number of carbonyl (C=O) groups is 2. The number of benzene rings is 1. The van der Waals surface area contributed by atoms with E-state index in [9.17, 15) is 9.59 Å². The zero-order chi connectivity index (χ0) is 17.8. The predicted molar refractivity (Wildman–Crippen MR) is 95.9 cm³/mol. The Balaban J connectivity index is 1.65. The maximum atomic E-state index is 12.7. The average molecular weight is 337 g/mol. The third-order valence-corrected chi connectivity index (χ3v) is 4.49. The van der Waals surface area contributed by atoms with Gasteiger partial charge in [-0.15, -0.1) is 0 Å². The maximum Gasteiger partial charge on any atom is 0.255 e. The van der Waals surface area contributed by atoms with E-state index in [0.29, 0.717) is 25.1 Å². The Morgan fingerprint density at radius 1 is 1.20 bits per heavy atom. The van der Waals surface area contributed by atoms with E-state index in [4.69, 9.17) is 0 Å². The number of fused-ring (bicyclic) bond motifs is 1. The van der Waals surface area contributed by atoms with Gasteiger partial charge >= 0.3 is 0 Å². The third kappa shape index (κ3) is 3.71. The van der Waals surface area contributed by atoms with Crippen LogP contribution in [0, 0.1) is 5.92 Å². The van der Waals surface area contributed by atoms with E-state index < -0.39 is 6.04 Å². The van der Waals surface area contributed by atoms with Gasteiger partial charge in [-0.05, 0) is 29.7 Å². The van der Waals surface area contributed by atoms with Crippen molar-refractivity contribution in [2.45, 2.75) is 32.9 Å². The number of aromatic nitrogens is 1. The van der Waals surface area contributed by atoms with Crippen molar-refractivity contribution < 1.29 is 9.59 Å². The summed E-state index contributed by atoms with van der Waals surface area (Å²) in [4.78, 5) is 31.4. The molecule has 1 aromatic heterocycles. The molecule has 3 rings (SSSR count). The van der Waals surface area contributed by atoms with E-state index in [1.165, 1.54) is 0 Å². The topological polar surface area (TPSA) is 62.3 Å². The van der Waals surface area contributed by atoms with Crippen LogP contribution in [0.25, 0.3) is 0 Å². The summed E-state index contributed by atoms with van der Waals surface area (Å²) in [7, 11) is 0. The summed E-state index contributed by atoms with van der Waals surface area (Å²) >= 11 is 0. The van der Waals surface area contributed by atoms with Gasteiger partial charge in [0.1, 0.15) is 6.04 Å². The van der Waals surface area contributed by atoms with Crippen LogP contribution in [0.4, 0.5) is 0 Å². The van der Waals surface area contributed by atoms with Gasteiger partial charge in [-0.2, -0.15) is 0 Å². The molecule has 1 aliphatic rings. The predicted octanol–water partition coefficient (Wildman–Crippen LogP) is 2.42. The highest BCUT2D eigenvalue weighted by Crippen LogP contribution is 2.27. The van der Waals surface area contributed by atoms with Gasteiger partial charge in [0.05, 0.1) is 0 Å². The van der Waals surface area contributed by atoms with Crippen molar-refractivity contribution in [3.05, 3.63) is 65.5 Å². The Labute approximate surface area is 148 Å². The largest absolute Gasteiger partial charge is 0.354 e. The van der Waals surface area contributed by atoms with Crippen molar-refractivity contribution in [3.8, 4) is 0 Å². The number of amides is 2. The summed E-state index contributed by atoms with van der Waals surface area (Å²) < 4.78 is 0. The zero-order valence-electron chi connectivity index (χ0n) is 14.6. The van der Waals surface area contributed by atoms with E-state index in [0.717, 1.165) is 11.3 Å². The van der Waals surface area contributed by atoms with Gasteiger partial charge in [0, 0.05) is 37.0 Å². The molecule has 1 atom stereocenters. The molecule has 0 unspecified atom stereocenters. The molecule has 0 bridgehead atoms. The van der Waals surface area contributed by atoms with Crippen molar-refractivity contribution in [3.63, 3.8) is 0 Å². The fourth-order valence-corrected chi connectivity index (χ4v) is 3.27. The van der Waals surface area contributed by atoms with Crippen LogP contribution in [0.1, 0.15) is 35.5 Å². The van der Waals surface area contributed by atoms with Crippen molar-refractivity contribution in [2.24, 2.45) is 5.92 Å². The third-order valence-electron chi connectivity index (χ3n) is 4.49. The number of hydrogen-bond acceptors (Lipinski definition) is 3. The summed E-state index contributed by atoms with van der Waals surface area (Å²) in [5.41, 5.74) is 2.63. The Hall–Kier alpha value is -2.69. The highest BCUT2D eigenvalue weighted by atomic mass is 16.2. The molecule has 0 saturated heterocycles. The first-order valence-electron chi connectivity index (χ1n) is 8.64. The summed E-state index contributed by atoms with van der Waals surface area (Å²) in [6.07, 6.45) is 2.42. The molecule has 1 aliphatic heterocycles. The molecule has 0 aliphatic carbocycles. The van der Waals surface area contributed by atoms with Gasteiger partial charge in [0.15, 0.2) is 0 Å². The van der Waals surface area contributed by atoms with Crippen LogP contribution in [0.3, 0.4) is 0 Å². The second-order valence-corrected chi connectivity index (χ2v) is 6.64. The standard InChI is InChI=1S/C20H23N3O2/c1-14(2)18(19(24)22-12-10-16-8-5-6-11-21-16)23-13-15-7-3-4-9-17(15)20(23)25/h3-9,11,14,18H,10,12-13H2,1-2H3,(H,22,24)/t18-/m0/s1. The molecule has 5 heteroatoms. The molecule has 2 heterocycles. The lowest BCUT2D eigenvalue weighted by molar-refractivity contribution is -0.127. The van der Waals surface area contributed by atoms with Gasteiger partial charge in [0.2, 0.25) is 5.91 Å². The minimum absolute atomic E-state index is 0.0353. The first-order chi connectivity index (χ1) is 12.1. The van der Waals surface area contributed by atoms with E-state index in [-0.39, 0.29) is 17.7 Å². The molecule has 0 fully saturated rings. The number of hydrogen-bond donors (Lipinski definition) is 1. The molecule has 0 spiro atoms. The van der Waals surface area contributed by atoms with Crippen molar-refractivity contribution in [1.82, 2.24) is 15.2 Å². The molecule has 2 aromatic rings. The van der Waals surface area contributed by atoms with Crippen LogP contribution in [0.5, 0.6) is 0 Å². The molecule has 1 aromatic carbocycles. The lowest BCUT2D eigenvalue weighted by atomic mass is 10.0. The fraction of sp³-hybridized carbons (Fsp3) is 0.350. The molecule has 0 radical (unpaired) electrons. The quantitative estimate of drug-likeness (QED) is 0.880. The average Bonchev–Trinajstić information content (AvgIpc) is 2.93. The second kappa shape index (κ2) is 7.47. The van der Waals surface area contributed by atoms with E-state index >= 15 is 0 Å². The van der Waals surface area contributed by atoms with Crippen LogP contribution in [0.15, 0.2) is 48.7 Å². The highest BCUT2D eigenvalue weighted by Gasteiger charge is 2.37. The molecule has 1 N–H and O–H groups in total. The molecule has 0 saturated carbocycles. The number of nitrogens with one attached hydrogen (secondary N) is 1. The lowest BCUT2D eigenvalue weighted by Gasteiger charge is -2.29. The van der Waals surface area contributed by atoms with Crippen molar-refractivity contribution in [2.75, 3.05) is 6.54 Å². The van der Waals surface area contributed by atoms with Crippen molar-refractivity contribution in [1.29, 1.82) is 0 Å². The van der Waals surface area contributed by atoms with Gasteiger partial charge in [-0.1, -0.05) is 38.1 Å². The summed E-state index contributed by atoms with van der Waals surface area (Å²) in [5, 5.41) is 2.96. The normalized spacial score (nSPS) is 14.5. The van der Waals surface area contributed by atoms with Gasteiger partial charge in [-0.25, -0.2) is 0 Å². The van der Waals surface area contributed by atoms with E-state index in [1.807, 2.05) is 56.3 Å². The molecule has 2 amide bonds. The van der Waals surface area contributed by atoms with Crippen LogP contribution in [-0.2, 0) is 17.8 Å². The zero-order valence-corrected chi connectivity index (χ0v) is 14.6. The number of pyridine rings is 1. The second-order valence-electron chi connectivity index (χ2n) is 6.64. The smallest absolute Gasteiger partial charge is 0.255 e. The van der Waals surface area contributed by atoms with Crippen LogP contribution >= 0.6 is 0 Å². The van der Waals surface area contributed by atoms with Crippen LogP contribution in [-0.4, -0.2) is 34.3 Å². The molecular formula is C20H23N3O2. The first-order valence-corrected chi connectivity index (χ1v) is 8.64. The van der Waals surface area contributed by atoms with Gasteiger partial charge in [-0.3, -0.25) is 14.6 Å². The molecule has 25 heavy (non-hydrogen) atoms. The SMILES string of the molecule is CC(C)[C@@H](C(=O)NCCc1ccccn1)N1Cc2ccccc2C1=O. The van der Waals surface area contributed by atoms with E-state index in [1.54, 1.807) is 11.1 Å². The molecule has 5 nitrogen and oxygen atoms in total. The minimum Gasteiger partial charge on any atom is -0.354 e. The Kier molecular flexibility index (Phi) is 5.12.